The smallest absolute Gasteiger partial charge is 0.191 e. The molecule has 0 spiro atoms. The predicted octanol–water partition coefficient (Wildman–Crippen LogP) is 2.84. The third-order valence-corrected chi connectivity index (χ3v) is 4.45. The van der Waals surface area contributed by atoms with E-state index in [2.05, 4.69) is 53.7 Å². The summed E-state index contributed by atoms with van der Waals surface area (Å²) in [5.74, 6) is 2.99. The molecule has 0 atom stereocenters. The summed E-state index contributed by atoms with van der Waals surface area (Å²) in [5.41, 5.74) is 2.69. The molecule has 0 aliphatic heterocycles. The van der Waals surface area contributed by atoms with E-state index in [0.717, 1.165) is 50.1 Å². The van der Waals surface area contributed by atoms with E-state index in [9.17, 15) is 0 Å². The first-order valence-electron chi connectivity index (χ1n) is 8.98. The van der Waals surface area contributed by atoms with E-state index >= 15 is 0 Å². The lowest BCUT2D eigenvalue weighted by atomic mass is 10.2. The van der Waals surface area contributed by atoms with E-state index in [1.165, 1.54) is 11.1 Å². The number of thioether (sulfide) groups is 1. The number of aryl methyl sites for hydroxylation is 1. The molecule has 2 N–H and O–H groups in total. The largest absolute Gasteiger partial charge is 0.382 e. The van der Waals surface area contributed by atoms with Gasteiger partial charge in [0.15, 0.2) is 5.96 Å². The van der Waals surface area contributed by atoms with Crippen molar-refractivity contribution in [3.8, 4) is 0 Å². The van der Waals surface area contributed by atoms with Crippen LogP contribution < -0.4 is 10.6 Å². The van der Waals surface area contributed by atoms with Crippen LogP contribution in [0.3, 0.4) is 0 Å². The third-order valence-electron chi connectivity index (χ3n) is 3.42. The van der Waals surface area contributed by atoms with Gasteiger partial charge in [0.05, 0.1) is 13.2 Å². The Labute approximate surface area is 157 Å². The number of hydrogen-bond donors (Lipinski definition) is 2. The van der Waals surface area contributed by atoms with Crippen LogP contribution >= 0.6 is 11.8 Å². The molecule has 6 heteroatoms. The van der Waals surface area contributed by atoms with E-state index in [0.29, 0.717) is 13.2 Å². The highest BCUT2D eigenvalue weighted by molar-refractivity contribution is 7.98. The number of benzene rings is 1. The Hall–Kier alpha value is -1.24. The molecule has 0 bridgehead atoms. The van der Waals surface area contributed by atoms with Gasteiger partial charge in [0.1, 0.15) is 0 Å². The molecular formula is C19H33N3O2S. The van der Waals surface area contributed by atoms with Crippen molar-refractivity contribution in [1.29, 1.82) is 0 Å². The fraction of sp³-hybridized carbons (Fsp3) is 0.632. The second-order valence-electron chi connectivity index (χ2n) is 5.68. The van der Waals surface area contributed by atoms with Crippen LogP contribution in [0.5, 0.6) is 0 Å². The minimum absolute atomic E-state index is 0.647. The monoisotopic (exact) mass is 367 g/mol. The van der Waals surface area contributed by atoms with E-state index in [-0.39, 0.29) is 0 Å². The van der Waals surface area contributed by atoms with Crippen LogP contribution in [-0.2, 0) is 15.2 Å². The van der Waals surface area contributed by atoms with Crippen LogP contribution in [0.1, 0.15) is 24.5 Å². The molecular weight excluding hydrogens is 334 g/mol. The number of hydrogen-bond acceptors (Lipinski definition) is 4. The van der Waals surface area contributed by atoms with E-state index in [1.807, 2.05) is 11.8 Å². The van der Waals surface area contributed by atoms with Crippen molar-refractivity contribution in [3.05, 3.63) is 35.4 Å². The zero-order valence-electron chi connectivity index (χ0n) is 15.8. The zero-order valence-corrected chi connectivity index (χ0v) is 16.7. The quantitative estimate of drug-likeness (QED) is 0.319. The molecule has 0 saturated heterocycles. The predicted molar refractivity (Wildman–Crippen MR) is 109 cm³/mol. The van der Waals surface area contributed by atoms with Crippen LogP contribution in [0, 0.1) is 6.92 Å². The second-order valence-corrected chi connectivity index (χ2v) is 6.79. The Morgan fingerprint density at radius 2 is 1.92 bits per heavy atom. The summed E-state index contributed by atoms with van der Waals surface area (Å²) in [6.45, 7) is 8.76. The molecule has 0 radical (unpaired) electrons. The van der Waals surface area contributed by atoms with Gasteiger partial charge in [-0.3, -0.25) is 4.99 Å². The summed E-state index contributed by atoms with van der Waals surface area (Å²) in [6, 6.07) is 8.75. The van der Waals surface area contributed by atoms with Gasteiger partial charge < -0.3 is 20.1 Å². The Balaban J connectivity index is 2.12. The molecule has 0 saturated carbocycles. The molecule has 0 unspecified atom stereocenters. The van der Waals surface area contributed by atoms with Crippen LogP contribution in [-0.4, -0.2) is 58.3 Å². The summed E-state index contributed by atoms with van der Waals surface area (Å²) in [5, 5.41) is 6.66. The highest BCUT2D eigenvalue weighted by atomic mass is 32.2. The molecule has 0 heterocycles. The van der Waals surface area contributed by atoms with Crippen molar-refractivity contribution in [2.75, 3.05) is 52.3 Å². The van der Waals surface area contributed by atoms with Gasteiger partial charge in [0.25, 0.3) is 0 Å². The first kappa shape index (κ1) is 21.8. The van der Waals surface area contributed by atoms with Crippen LogP contribution in [0.4, 0.5) is 0 Å². The van der Waals surface area contributed by atoms with Crippen molar-refractivity contribution >= 4 is 17.7 Å². The highest BCUT2D eigenvalue weighted by Gasteiger charge is 1.98. The standard InChI is InChI=1S/C19H33N3O2S/c1-4-20-19(21-10-5-12-24-14-13-23-3)22-11-15-25-16-18-8-6-17(2)7-9-18/h6-9H,4-5,10-16H2,1-3H3,(H2,20,21,22). The summed E-state index contributed by atoms with van der Waals surface area (Å²) in [7, 11) is 1.68. The van der Waals surface area contributed by atoms with Gasteiger partial charge in [-0.1, -0.05) is 29.8 Å². The number of methoxy groups -OCH3 is 1. The first-order valence-corrected chi connectivity index (χ1v) is 10.1. The van der Waals surface area contributed by atoms with Gasteiger partial charge in [-0.2, -0.15) is 11.8 Å². The maximum Gasteiger partial charge on any atom is 0.191 e. The lowest BCUT2D eigenvalue weighted by Crippen LogP contribution is -2.38. The number of guanidine groups is 1. The van der Waals surface area contributed by atoms with Crippen LogP contribution in [0.2, 0.25) is 0 Å². The third kappa shape index (κ3) is 11.9. The molecule has 142 valence electrons. The molecule has 1 aromatic rings. The van der Waals surface area contributed by atoms with Gasteiger partial charge in [-0.25, -0.2) is 0 Å². The molecule has 0 fully saturated rings. The Morgan fingerprint density at radius 1 is 1.12 bits per heavy atom. The maximum absolute atomic E-state index is 5.44. The Bertz CT molecular complexity index is 466. The molecule has 0 aromatic heterocycles. The molecule has 0 aliphatic rings. The fourth-order valence-corrected chi connectivity index (χ4v) is 2.88. The van der Waals surface area contributed by atoms with Gasteiger partial charge in [-0.15, -0.1) is 0 Å². The lowest BCUT2D eigenvalue weighted by Gasteiger charge is -2.11. The van der Waals surface area contributed by atoms with Crippen molar-refractivity contribution in [2.24, 2.45) is 4.99 Å². The van der Waals surface area contributed by atoms with Crippen molar-refractivity contribution in [2.45, 2.75) is 26.0 Å². The van der Waals surface area contributed by atoms with Gasteiger partial charge >= 0.3 is 0 Å². The zero-order chi connectivity index (χ0) is 18.2. The number of nitrogens with zero attached hydrogens (tertiary/aromatic N) is 1. The molecule has 5 nitrogen and oxygen atoms in total. The number of rotatable bonds is 13. The van der Waals surface area contributed by atoms with Crippen LogP contribution in [0.15, 0.2) is 29.3 Å². The SMILES string of the molecule is CCNC(=NCCCOCCOC)NCCSCc1ccc(C)cc1. The minimum Gasteiger partial charge on any atom is -0.382 e. The van der Waals surface area contributed by atoms with Crippen molar-refractivity contribution in [3.63, 3.8) is 0 Å². The summed E-state index contributed by atoms with van der Waals surface area (Å²) in [6.07, 6.45) is 0.919. The first-order chi connectivity index (χ1) is 12.3. The lowest BCUT2D eigenvalue weighted by molar-refractivity contribution is 0.0702. The summed E-state index contributed by atoms with van der Waals surface area (Å²) < 4.78 is 10.4. The second kappa shape index (κ2) is 15.0. The molecule has 25 heavy (non-hydrogen) atoms. The average molecular weight is 368 g/mol. The van der Waals surface area contributed by atoms with Gasteiger partial charge in [-0.05, 0) is 25.8 Å². The van der Waals surface area contributed by atoms with Gasteiger partial charge in [0, 0.05) is 44.9 Å². The minimum atomic E-state index is 0.647. The molecule has 0 amide bonds. The summed E-state index contributed by atoms with van der Waals surface area (Å²) in [4.78, 5) is 4.57. The molecule has 1 rings (SSSR count). The van der Waals surface area contributed by atoms with Crippen molar-refractivity contribution in [1.82, 2.24) is 10.6 Å². The number of ether oxygens (including phenoxy) is 2. The topological polar surface area (TPSA) is 54.9 Å². The average Bonchev–Trinajstić information content (AvgIpc) is 2.62. The fourth-order valence-electron chi connectivity index (χ4n) is 2.06. The van der Waals surface area contributed by atoms with Crippen LogP contribution in [0.25, 0.3) is 0 Å². The number of nitrogens with one attached hydrogen (secondary N) is 2. The number of aliphatic imine (C=N–C) groups is 1. The molecule has 0 aliphatic carbocycles. The Kier molecular flexibility index (Phi) is 13.1. The van der Waals surface area contributed by atoms with Crippen molar-refractivity contribution < 1.29 is 9.47 Å². The highest BCUT2D eigenvalue weighted by Crippen LogP contribution is 2.12. The van der Waals surface area contributed by atoms with Gasteiger partial charge in [0.2, 0.25) is 0 Å². The molecule has 1 aromatic carbocycles. The van der Waals surface area contributed by atoms with E-state index in [1.54, 1.807) is 7.11 Å². The Morgan fingerprint density at radius 3 is 2.64 bits per heavy atom. The summed E-state index contributed by atoms with van der Waals surface area (Å²) >= 11 is 1.93. The van der Waals surface area contributed by atoms with E-state index in [4.69, 9.17) is 9.47 Å². The van der Waals surface area contributed by atoms with E-state index < -0.39 is 0 Å². The normalized spacial score (nSPS) is 11.6. The maximum atomic E-state index is 5.44.